The smallest absolute Gasteiger partial charge is 0 e. The molecule has 0 aromatic carbocycles. The van der Waals surface area contributed by atoms with Crippen molar-refractivity contribution in [1.82, 2.24) is 0 Å². The van der Waals surface area contributed by atoms with E-state index in [1.807, 2.05) is 0 Å². The van der Waals surface area contributed by atoms with Crippen molar-refractivity contribution in [2.75, 3.05) is 0 Å². The molecule has 0 bridgehead atoms. The first-order valence-electron chi connectivity index (χ1n) is 0. The van der Waals surface area contributed by atoms with Crippen molar-refractivity contribution in [2.24, 2.45) is 0 Å². The van der Waals surface area contributed by atoms with Crippen LogP contribution in [0, 0.1) is 0 Å². The van der Waals surface area contributed by atoms with Gasteiger partial charge in [0.1, 0.15) is 0 Å². The summed E-state index contributed by atoms with van der Waals surface area (Å²) in [7, 11) is 0. The molecule has 0 fully saturated rings. The van der Waals surface area contributed by atoms with Crippen LogP contribution in [-0.2, 0) is 31.4 Å². The van der Waals surface area contributed by atoms with Gasteiger partial charge in [-0.2, -0.15) is 0 Å². The van der Waals surface area contributed by atoms with Gasteiger partial charge in [-0.3, -0.25) is 0 Å². The third-order valence-electron chi connectivity index (χ3n) is 0. The second kappa shape index (κ2) is 219. The average Bonchev–Trinajstić information content (AvgIpc) is 0. The zero-order valence-electron chi connectivity index (χ0n) is 2.19. The van der Waals surface area contributed by atoms with Crippen molar-refractivity contribution < 1.29 is 42.3 Å². The number of rotatable bonds is 0. The molecule has 0 unspecified atom stereocenters. The van der Waals surface area contributed by atoms with Crippen molar-refractivity contribution in [3.8, 4) is 0 Å². The van der Waals surface area contributed by atoms with Crippen molar-refractivity contribution in [3.05, 3.63) is 0 Å². The Kier molecular flexibility index (Phi) is 19300. The fourth-order valence-electron chi connectivity index (χ4n) is 0. The van der Waals surface area contributed by atoms with Crippen LogP contribution in [0.1, 0.15) is 0 Å². The van der Waals surface area contributed by atoms with Gasteiger partial charge in [0.15, 0.2) is 0 Å². The maximum atomic E-state index is 0. The standard InChI is InChI=1S/2H2O.2O.Re/h2*1H2;;;/q;;2*-2;. The predicted molar refractivity (Wildman–Crippen MR) is 8.60 cm³/mol. The Morgan fingerprint density at radius 3 is 0.600 bits per heavy atom. The maximum absolute atomic E-state index is 0. The van der Waals surface area contributed by atoms with Gasteiger partial charge in [0.2, 0.25) is 0 Å². The molecule has 0 aliphatic carbocycles. The van der Waals surface area contributed by atoms with Crippen LogP contribution >= 0.6 is 0 Å². The van der Waals surface area contributed by atoms with Gasteiger partial charge in [-0.1, -0.05) is 0 Å². The van der Waals surface area contributed by atoms with Crippen LogP contribution in [0.5, 0.6) is 0 Å². The minimum absolute atomic E-state index is 0. The molecule has 5 heavy (non-hydrogen) atoms. The molecule has 0 aromatic rings. The molecule has 0 saturated carbocycles. The Morgan fingerprint density at radius 1 is 0.600 bits per heavy atom. The van der Waals surface area contributed by atoms with E-state index in [1.165, 1.54) is 0 Å². The predicted octanol–water partition coefficient (Wildman–Crippen LogP) is -1.89. The largest absolute Gasteiger partial charge is 2.00 e. The molecule has 0 rings (SSSR count). The molecule has 5 heteroatoms. The van der Waals surface area contributed by atoms with Crippen molar-refractivity contribution in [3.63, 3.8) is 0 Å². The Bertz CT molecular complexity index is 3.61. The maximum Gasteiger partial charge on any atom is 0 e. The van der Waals surface area contributed by atoms with Crippen molar-refractivity contribution >= 4 is 0 Å². The minimum atomic E-state index is 0. The topological polar surface area (TPSA) is 120 Å². The van der Waals surface area contributed by atoms with Gasteiger partial charge in [0.25, 0.3) is 0 Å². The molecule has 39 valence electrons. The number of hydrogen-bond acceptors (Lipinski definition) is 0. The van der Waals surface area contributed by atoms with Crippen LogP contribution in [-0.4, -0.2) is 11.0 Å². The van der Waals surface area contributed by atoms with Gasteiger partial charge in [-0.05, 0) is 0 Å². The van der Waals surface area contributed by atoms with Crippen LogP contribution in [0.4, 0.5) is 0 Å². The fraction of sp³-hybridized carbons (Fsp3) is 0. The zero-order chi connectivity index (χ0) is 0. The van der Waals surface area contributed by atoms with Crippen LogP contribution in [0.3, 0.4) is 0 Å². The Morgan fingerprint density at radius 2 is 0.600 bits per heavy atom. The fourth-order valence-corrected chi connectivity index (χ4v) is 0. The summed E-state index contributed by atoms with van der Waals surface area (Å²) >= 11 is 0. The summed E-state index contributed by atoms with van der Waals surface area (Å²) in [5.41, 5.74) is 0. The molecule has 1 radical (unpaired) electrons. The summed E-state index contributed by atoms with van der Waals surface area (Å²) in [6, 6.07) is 0. The SMILES string of the molecule is O.O.[O-2].[O-2].[Re]. The van der Waals surface area contributed by atoms with E-state index in [9.17, 15) is 0 Å². The van der Waals surface area contributed by atoms with Crippen molar-refractivity contribution in [2.45, 2.75) is 0 Å². The summed E-state index contributed by atoms with van der Waals surface area (Å²) in [5.74, 6) is 0. The van der Waals surface area contributed by atoms with Gasteiger partial charge in [-0.25, -0.2) is 0 Å². The molecule has 0 amide bonds. The van der Waals surface area contributed by atoms with Gasteiger partial charge >= 0.3 is 0 Å². The van der Waals surface area contributed by atoms with E-state index >= 15 is 0 Å². The molecule has 0 spiro atoms. The molecule has 0 aliphatic rings. The summed E-state index contributed by atoms with van der Waals surface area (Å²) in [6.45, 7) is 0. The zero-order valence-corrected chi connectivity index (χ0v) is 4.91. The van der Waals surface area contributed by atoms with Crippen LogP contribution in [0.2, 0.25) is 0 Å². The van der Waals surface area contributed by atoms with Crippen LogP contribution in [0.25, 0.3) is 0 Å². The van der Waals surface area contributed by atoms with Gasteiger partial charge in [0.05, 0.1) is 0 Å². The van der Waals surface area contributed by atoms with E-state index in [1.54, 1.807) is 0 Å². The summed E-state index contributed by atoms with van der Waals surface area (Å²) < 4.78 is 0. The quantitative estimate of drug-likeness (QED) is 0.480. The first-order chi connectivity index (χ1) is 0. The minimum Gasteiger partial charge on any atom is -2.00 e. The molecular formula is H4O4Re-4. The Labute approximate surface area is 43.1 Å². The number of hydrogen-bond donors (Lipinski definition) is 0. The van der Waals surface area contributed by atoms with E-state index in [0.717, 1.165) is 0 Å². The molecule has 4 nitrogen and oxygen atoms in total. The van der Waals surface area contributed by atoms with E-state index in [4.69, 9.17) is 0 Å². The normalized spacial score (nSPS) is 0. The van der Waals surface area contributed by atoms with Gasteiger partial charge < -0.3 is 21.9 Å². The Hall–Kier alpha value is 0.502. The van der Waals surface area contributed by atoms with Gasteiger partial charge in [-0.15, -0.1) is 0 Å². The molecule has 0 aromatic heterocycles. The molecule has 0 aliphatic heterocycles. The molecule has 0 saturated heterocycles. The van der Waals surface area contributed by atoms with Crippen molar-refractivity contribution in [1.29, 1.82) is 0 Å². The third-order valence-corrected chi connectivity index (χ3v) is 0. The van der Waals surface area contributed by atoms with Crippen LogP contribution in [0.15, 0.2) is 0 Å². The summed E-state index contributed by atoms with van der Waals surface area (Å²) in [4.78, 5) is 0. The molecule has 4 N–H and O–H groups in total. The van der Waals surface area contributed by atoms with Crippen LogP contribution < -0.4 is 0 Å². The van der Waals surface area contributed by atoms with E-state index < -0.39 is 0 Å². The van der Waals surface area contributed by atoms with E-state index in [2.05, 4.69) is 0 Å². The Balaban J connectivity index is 0. The average molecular weight is 254 g/mol. The second-order valence-corrected chi connectivity index (χ2v) is 0. The van der Waals surface area contributed by atoms with Gasteiger partial charge in [0, 0.05) is 20.4 Å². The van der Waals surface area contributed by atoms with E-state index in [-0.39, 0.29) is 42.3 Å². The van der Waals surface area contributed by atoms with E-state index in [0.29, 0.717) is 0 Å². The molecular weight excluding hydrogens is 250 g/mol. The molecule has 0 heterocycles. The first-order valence-corrected chi connectivity index (χ1v) is 0. The summed E-state index contributed by atoms with van der Waals surface area (Å²) in [6.07, 6.45) is 0. The third kappa shape index (κ3) is 112. The monoisotopic (exact) mass is 255 g/mol. The second-order valence-electron chi connectivity index (χ2n) is 0. The summed E-state index contributed by atoms with van der Waals surface area (Å²) in [5, 5.41) is 0. The first kappa shape index (κ1) is 442. The molecule has 0 atom stereocenters.